The predicted molar refractivity (Wildman–Crippen MR) is 112 cm³/mol. The highest BCUT2D eigenvalue weighted by Gasteiger charge is 2.30. The minimum absolute atomic E-state index is 0.000417. The van der Waals surface area contributed by atoms with Crippen molar-refractivity contribution in [2.24, 2.45) is 11.8 Å². The van der Waals surface area contributed by atoms with Gasteiger partial charge in [-0.25, -0.2) is 0 Å². The number of pyridine rings is 1. The Kier molecular flexibility index (Phi) is 7.22. The minimum Gasteiger partial charge on any atom is -0.489 e. The summed E-state index contributed by atoms with van der Waals surface area (Å²) in [6.45, 7) is 4.42. The number of amides is 2. The van der Waals surface area contributed by atoms with E-state index in [0.29, 0.717) is 30.8 Å². The third kappa shape index (κ3) is 6.04. The molecule has 154 valence electrons. The summed E-state index contributed by atoms with van der Waals surface area (Å²) >= 11 is 0. The molecular weight excluding hydrogens is 366 g/mol. The number of hydrogen-bond acceptors (Lipinski definition) is 4. The first kappa shape index (κ1) is 20.8. The Hall–Kier alpha value is -2.89. The van der Waals surface area contributed by atoms with Gasteiger partial charge in [-0.2, -0.15) is 0 Å². The highest BCUT2D eigenvalue weighted by molar-refractivity contribution is 5.94. The number of nitrogens with zero attached hydrogens (tertiary/aromatic N) is 1. The van der Waals surface area contributed by atoms with Crippen molar-refractivity contribution in [2.75, 3.05) is 5.32 Å². The van der Waals surface area contributed by atoms with Gasteiger partial charge in [0.2, 0.25) is 11.8 Å². The van der Waals surface area contributed by atoms with Crippen molar-refractivity contribution in [3.8, 4) is 5.75 Å². The highest BCUT2D eigenvalue weighted by atomic mass is 16.5. The van der Waals surface area contributed by atoms with Crippen LogP contribution in [0, 0.1) is 11.8 Å². The van der Waals surface area contributed by atoms with Gasteiger partial charge in [-0.05, 0) is 69.4 Å². The zero-order chi connectivity index (χ0) is 20.6. The third-order valence-corrected chi connectivity index (χ3v) is 5.19. The van der Waals surface area contributed by atoms with Crippen LogP contribution >= 0.6 is 0 Å². The molecular formula is C23H29N3O3. The first-order valence-corrected chi connectivity index (χ1v) is 10.3. The topological polar surface area (TPSA) is 80.3 Å². The van der Waals surface area contributed by atoms with E-state index in [4.69, 9.17) is 4.74 Å². The second kappa shape index (κ2) is 10.0. The molecule has 6 nitrogen and oxygen atoms in total. The van der Waals surface area contributed by atoms with Crippen LogP contribution in [-0.4, -0.2) is 22.9 Å². The molecule has 1 aliphatic carbocycles. The number of ether oxygens (including phenoxy) is 1. The SMILES string of the molecule is CC(C)Oc1ccccc1NC(=O)C1CCC(C(=O)NCc2ccncc2)CC1. The van der Waals surface area contributed by atoms with E-state index in [1.165, 1.54) is 0 Å². The van der Waals surface area contributed by atoms with E-state index in [0.717, 1.165) is 18.4 Å². The molecule has 1 fully saturated rings. The van der Waals surface area contributed by atoms with E-state index in [1.807, 2.05) is 50.2 Å². The van der Waals surface area contributed by atoms with Crippen molar-refractivity contribution in [1.82, 2.24) is 10.3 Å². The van der Waals surface area contributed by atoms with Crippen LogP contribution in [0.15, 0.2) is 48.8 Å². The molecule has 0 saturated heterocycles. The highest BCUT2D eigenvalue weighted by Crippen LogP contribution is 2.31. The summed E-state index contributed by atoms with van der Waals surface area (Å²) in [7, 11) is 0. The maximum Gasteiger partial charge on any atom is 0.227 e. The van der Waals surface area contributed by atoms with Gasteiger partial charge in [0.25, 0.3) is 0 Å². The van der Waals surface area contributed by atoms with Gasteiger partial charge in [-0.3, -0.25) is 14.6 Å². The lowest BCUT2D eigenvalue weighted by atomic mass is 9.81. The Bertz CT molecular complexity index is 815. The van der Waals surface area contributed by atoms with Crippen LogP contribution in [0.25, 0.3) is 0 Å². The second-order valence-electron chi connectivity index (χ2n) is 7.77. The molecule has 0 spiro atoms. The summed E-state index contributed by atoms with van der Waals surface area (Å²) in [5.41, 5.74) is 1.73. The number of para-hydroxylation sites is 2. The average Bonchev–Trinajstić information content (AvgIpc) is 2.74. The van der Waals surface area contributed by atoms with E-state index in [1.54, 1.807) is 12.4 Å². The lowest BCUT2D eigenvalue weighted by Crippen LogP contribution is -2.35. The van der Waals surface area contributed by atoms with Crippen LogP contribution in [0.3, 0.4) is 0 Å². The monoisotopic (exact) mass is 395 g/mol. The van der Waals surface area contributed by atoms with Crippen molar-refractivity contribution >= 4 is 17.5 Å². The summed E-state index contributed by atoms with van der Waals surface area (Å²) in [4.78, 5) is 29.1. The van der Waals surface area contributed by atoms with Gasteiger partial charge < -0.3 is 15.4 Å². The van der Waals surface area contributed by atoms with Crippen LogP contribution < -0.4 is 15.4 Å². The standard InChI is InChI=1S/C23H29N3O3/c1-16(2)29-21-6-4-3-5-20(21)26-23(28)19-9-7-18(8-10-19)22(27)25-15-17-11-13-24-14-12-17/h3-6,11-14,16,18-19H,7-10,15H2,1-2H3,(H,25,27)(H,26,28). The van der Waals surface area contributed by atoms with Gasteiger partial charge in [0.1, 0.15) is 5.75 Å². The van der Waals surface area contributed by atoms with E-state index < -0.39 is 0 Å². The summed E-state index contributed by atoms with van der Waals surface area (Å²) < 4.78 is 5.77. The number of rotatable bonds is 7. The number of benzene rings is 1. The molecule has 2 aromatic rings. The number of carbonyl (C=O) groups is 2. The predicted octanol–water partition coefficient (Wildman–Crippen LogP) is 3.93. The van der Waals surface area contributed by atoms with Crippen LogP contribution in [-0.2, 0) is 16.1 Å². The summed E-state index contributed by atoms with van der Waals surface area (Å²) in [6, 6.07) is 11.3. The normalized spacial score (nSPS) is 18.9. The molecule has 2 amide bonds. The molecule has 0 unspecified atom stereocenters. The molecule has 0 atom stereocenters. The Morgan fingerprint density at radius 1 is 1.00 bits per heavy atom. The number of aromatic nitrogens is 1. The molecule has 1 heterocycles. The molecule has 0 bridgehead atoms. The van der Waals surface area contributed by atoms with Crippen molar-refractivity contribution in [2.45, 2.75) is 52.2 Å². The third-order valence-electron chi connectivity index (χ3n) is 5.19. The van der Waals surface area contributed by atoms with E-state index in [2.05, 4.69) is 15.6 Å². The molecule has 1 aromatic heterocycles. The van der Waals surface area contributed by atoms with Crippen molar-refractivity contribution in [1.29, 1.82) is 0 Å². The average molecular weight is 396 g/mol. The minimum atomic E-state index is -0.0775. The molecule has 2 N–H and O–H groups in total. The maximum atomic E-state index is 12.7. The first-order chi connectivity index (χ1) is 14.0. The van der Waals surface area contributed by atoms with Crippen molar-refractivity contribution in [3.05, 3.63) is 54.4 Å². The fourth-order valence-corrected chi connectivity index (χ4v) is 3.61. The van der Waals surface area contributed by atoms with Gasteiger partial charge in [-0.1, -0.05) is 12.1 Å². The molecule has 0 aliphatic heterocycles. The van der Waals surface area contributed by atoms with Crippen molar-refractivity contribution < 1.29 is 14.3 Å². The van der Waals surface area contributed by atoms with Crippen LogP contribution in [0.5, 0.6) is 5.75 Å². The van der Waals surface area contributed by atoms with Gasteiger partial charge in [0.15, 0.2) is 0 Å². The number of carbonyl (C=O) groups excluding carboxylic acids is 2. The summed E-state index contributed by atoms with van der Waals surface area (Å²) in [5, 5.41) is 6.00. The molecule has 1 aliphatic rings. The van der Waals surface area contributed by atoms with Gasteiger partial charge in [0.05, 0.1) is 11.8 Å². The van der Waals surface area contributed by atoms with Gasteiger partial charge in [-0.15, -0.1) is 0 Å². The van der Waals surface area contributed by atoms with Gasteiger partial charge >= 0.3 is 0 Å². The van der Waals surface area contributed by atoms with E-state index in [9.17, 15) is 9.59 Å². The number of anilines is 1. The zero-order valence-electron chi connectivity index (χ0n) is 17.1. The summed E-state index contributed by atoms with van der Waals surface area (Å²) in [6.07, 6.45) is 6.35. The first-order valence-electron chi connectivity index (χ1n) is 10.3. The van der Waals surface area contributed by atoms with E-state index in [-0.39, 0.29) is 29.8 Å². The smallest absolute Gasteiger partial charge is 0.227 e. The Balaban J connectivity index is 1.48. The van der Waals surface area contributed by atoms with Crippen LogP contribution in [0.4, 0.5) is 5.69 Å². The molecule has 6 heteroatoms. The fourth-order valence-electron chi connectivity index (χ4n) is 3.61. The van der Waals surface area contributed by atoms with Crippen LogP contribution in [0.2, 0.25) is 0 Å². The molecule has 29 heavy (non-hydrogen) atoms. The maximum absolute atomic E-state index is 12.7. The molecule has 3 rings (SSSR count). The molecule has 1 saturated carbocycles. The van der Waals surface area contributed by atoms with Crippen molar-refractivity contribution in [3.63, 3.8) is 0 Å². The molecule has 1 aromatic carbocycles. The lowest BCUT2D eigenvalue weighted by molar-refractivity contribution is -0.128. The second-order valence-corrected chi connectivity index (χ2v) is 7.77. The summed E-state index contributed by atoms with van der Waals surface area (Å²) in [5.74, 6) is 0.639. The van der Waals surface area contributed by atoms with Gasteiger partial charge in [0, 0.05) is 30.8 Å². The quantitative estimate of drug-likeness (QED) is 0.744. The Morgan fingerprint density at radius 2 is 1.62 bits per heavy atom. The van der Waals surface area contributed by atoms with E-state index >= 15 is 0 Å². The molecule has 0 radical (unpaired) electrons. The van der Waals surface area contributed by atoms with Crippen LogP contribution in [0.1, 0.15) is 45.1 Å². The Labute approximate surface area is 172 Å². The number of nitrogens with one attached hydrogen (secondary N) is 2. The fraction of sp³-hybridized carbons (Fsp3) is 0.435. The lowest BCUT2D eigenvalue weighted by Gasteiger charge is -2.27. The Morgan fingerprint density at radius 3 is 2.28 bits per heavy atom. The zero-order valence-corrected chi connectivity index (χ0v) is 17.1. The largest absolute Gasteiger partial charge is 0.489 e. The number of hydrogen-bond donors (Lipinski definition) is 2.